The Labute approximate surface area is 261 Å². The number of fused-ring (bicyclic) bond motifs is 1. The lowest BCUT2D eigenvalue weighted by atomic mass is 9.84. The molecule has 6 atom stereocenters. The molecule has 0 bridgehead atoms. The predicted molar refractivity (Wildman–Crippen MR) is 160 cm³/mol. The van der Waals surface area contributed by atoms with Gasteiger partial charge in [-0.2, -0.15) is 15.2 Å². The lowest BCUT2D eigenvalue weighted by Crippen LogP contribution is -2.44. The van der Waals surface area contributed by atoms with Crippen LogP contribution in [0.1, 0.15) is 54.7 Å². The number of rotatable bonds is 15. The molecule has 5 N–H and O–H groups in total. The number of carbonyl (C=O) groups is 2. The molecular formula is C27H43N8O9P. The van der Waals surface area contributed by atoms with Gasteiger partial charge in [0.25, 0.3) is 0 Å². The highest BCUT2D eigenvalue weighted by molar-refractivity contribution is 7.54. The van der Waals surface area contributed by atoms with Crippen LogP contribution in [0.15, 0.2) is 6.33 Å². The number of aromatic nitrogens is 4. The van der Waals surface area contributed by atoms with Crippen molar-refractivity contribution in [2.45, 2.75) is 79.0 Å². The molecule has 1 saturated heterocycles. The van der Waals surface area contributed by atoms with Crippen LogP contribution in [0.2, 0.25) is 0 Å². The third-order valence-corrected chi connectivity index (χ3v) is 8.82. The van der Waals surface area contributed by atoms with Gasteiger partial charge in [-0.15, -0.1) is 0 Å². The minimum absolute atomic E-state index is 0.0677. The van der Waals surface area contributed by atoms with Gasteiger partial charge in [-0.25, -0.2) is 15.2 Å². The second kappa shape index (κ2) is 14.8. The van der Waals surface area contributed by atoms with Crippen LogP contribution < -0.4 is 20.6 Å². The Morgan fingerprint density at radius 2 is 1.69 bits per heavy atom. The summed E-state index contributed by atoms with van der Waals surface area (Å²) in [5.74, 6) is -1.26. The minimum atomic E-state index is -4.25. The first-order valence-electron chi connectivity index (χ1n) is 14.5. The maximum Gasteiger partial charge on any atom is 0.342 e. The van der Waals surface area contributed by atoms with Crippen molar-refractivity contribution in [1.29, 1.82) is 5.26 Å². The number of nitrogens with two attached hydrogens (primary N) is 1. The zero-order valence-corrected chi connectivity index (χ0v) is 27.6. The summed E-state index contributed by atoms with van der Waals surface area (Å²) in [5, 5.41) is 26.6. The molecule has 0 aromatic carbocycles. The van der Waals surface area contributed by atoms with E-state index in [2.05, 4.69) is 31.2 Å². The number of anilines is 1. The summed E-state index contributed by atoms with van der Waals surface area (Å²) in [6, 6.07) is -0.145. The monoisotopic (exact) mass is 654 g/mol. The van der Waals surface area contributed by atoms with Crippen molar-refractivity contribution in [2.75, 3.05) is 32.7 Å². The number of aliphatic hydroxyl groups excluding tert-OH is 1. The lowest BCUT2D eigenvalue weighted by Gasteiger charge is -2.27. The molecule has 0 spiro atoms. The number of nitrogens with zero attached hydrogens (tertiary/aromatic N) is 5. The predicted octanol–water partition coefficient (Wildman–Crippen LogP) is 1.68. The first-order chi connectivity index (χ1) is 21.0. The number of ether oxygens (including phenoxy) is 4. The average Bonchev–Trinajstić information content (AvgIpc) is 3.50. The quantitative estimate of drug-likeness (QED) is 0.158. The van der Waals surface area contributed by atoms with Gasteiger partial charge in [-0.1, -0.05) is 27.7 Å². The van der Waals surface area contributed by atoms with E-state index in [-0.39, 0.29) is 48.0 Å². The molecule has 0 saturated carbocycles. The SMILES string of the molecule is COc1nc(N)nc2c1ncn2[C@@H]1O[C@H](COP(=O)(N[C@@H](C)C(=O)OCC(C)C)N[C@@H](C)C(=O)OCC(C)C)[C@@H](O)[C@@]1(C)C#N. The summed E-state index contributed by atoms with van der Waals surface area (Å²) in [4.78, 5) is 37.7. The van der Waals surface area contributed by atoms with E-state index in [0.29, 0.717) is 0 Å². The third-order valence-electron chi connectivity index (χ3n) is 6.85. The van der Waals surface area contributed by atoms with Crippen molar-refractivity contribution < 1.29 is 42.7 Å². The second-order valence-corrected chi connectivity index (χ2v) is 13.8. The van der Waals surface area contributed by atoms with Crippen molar-refractivity contribution >= 4 is 36.7 Å². The Hall–Kier alpha value is -3.39. The van der Waals surface area contributed by atoms with Crippen LogP contribution in [0.3, 0.4) is 0 Å². The fourth-order valence-corrected chi connectivity index (χ4v) is 6.20. The molecule has 0 radical (unpaired) electrons. The van der Waals surface area contributed by atoms with E-state index >= 15 is 0 Å². The van der Waals surface area contributed by atoms with Crippen molar-refractivity contribution in [3.05, 3.63) is 6.33 Å². The Bertz CT molecular complexity index is 1410. The maximum absolute atomic E-state index is 14.1. The summed E-state index contributed by atoms with van der Waals surface area (Å²) >= 11 is 0. The molecular weight excluding hydrogens is 611 g/mol. The van der Waals surface area contributed by atoms with E-state index in [1.807, 2.05) is 27.7 Å². The minimum Gasteiger partial charge on any atom is -0.479 e. The fourth-order valence-electron chi connectivity index (χ4n) is 4.39. The van der Waals surface area contributed by atoms with E-state index in [1.165, 1.54) is 38.8 Å². The smallest absolute Gasteiger partial charge is 0.342 e. The standard InChI is InChI=1S/C27H43N8O9P/c1-14(2)9-41-23(37)16(5)33-45(39,34-17(6)24(38)42-10-15(3)4)43-11-18-20(36)27(7,12-28)25(44-18)35-13-30-19-21(35)31-26(29)32-22(19)40-8/h13-18,20,25,36H,9-11H2,1-8H3,(H2,29,31,32)(H2,33,34,39)/t16-,17-,18+,20+,25+,27+/m0/s1. The molecule has 1 aliphatic heterocycles. The number of methoxy groups -OCH3 is 1. The number of hydrogen-bond donors (Lipinski definition) is 4. The molecule has 0 aliphatic carbocycles. The van der Waals surface area contributed by atoms with Crippen LogP contribution in [-0.4, -0.2) is 87.8 Å². The highest BCUT2D eigenvalue weighted by Gasteiger charge is 2.55. The molecule has 17 nitrogen and oxygen atoms in total. The molecule has 2 aromatic rings. The Morgan fingerprint density at radius 1 is 1.13 bits per heavy atom. The van der Waals surface area contributed by atoms with Gasteiger partial charge in [0.05, 0.1) is 39.3 Å². The Balaban J connectivity index is 1.86. The van der Waals surface area contributed by atoms with E-state index in [4.69, 9.17) is 29.2 Å². The van der Waals surface area contributed by atoms with Gasteiger partial charge in [0, 0.05) is 0 Å². The molecule has 3 rings (SSSR count). The molecule has 0 unspecified atom stereocenters. The molecule has 3 heterocycles. The van der Waals surface area contributed by atoms with E-state index in [0.717, 1.165) is 0 Å². The molecule has 0 amide bonds. The normalized spacial score (nSPS) is 23.2. The topological polar surface area (TPSA) is 235 Å². The van der Waals surface area contributed by atoms with E-state index < -0.39 is 62.2 Å². The summed E-state index contributed by atoms with van der Waals surface area (Å²) in [6.45, 7) is 11.6. The molecule has 250 valence electrons. The van der Waals surface area contributed by atoms with Gasteiger partial charge in [-0.05, 0) is 32.6 Å². The van der Waals surface area contributed by atoms with Crippen molar-refractivity contribution in [3.8, 4) is 11.9 Å². The number of imidazole rings is 1. The molecule has 1 aliphatic rings. The Morgan fingerprint density at radius 3 is 2.18 bits per heavy atom. The largest absolute Gasteiger partial charge is 0.479 e. The van der Waals surface area contributed by atoms with Crippen molar-refractivity contribution in [2.24, 2.45) is 17.3 Å². The van der Waals surface area contributed by atoms with Gasteiger partial charge in [0.1, 0.15) is 29.7 Å². The van der Waals surface area contributed by atoms with Crippen molar-refractivity contribution in [3.63, 3.8) is 0 Å². The summed E-state index contributed by atoms with van der Waals surface area (Å²) in [6.07, 6.45) is -2.46. The zero-order chi connectivity index (χ0) is 33.7. The van der Waals surface area contributed by atoms with Crippen LogP contribution in [-0.2, 0) is 32.9 Å². The molecule has 18 heteroatoms. The molecule has 1 fully saturated rings. The molecule has 2 aromatic heterocycles. The summed E-state index contributed by atoms with van der Waals surface area (Å²) < 4.78 is 43.1. The average molecular weight is 655 g/mol. The number of esters is 2. The summed E-state index contributed by atoms with van der Waals surface area (Å²) in [7, 11) is -2.86. The van der Waals surface area contributed by atoms with Crippen LogP contribution in [0, 0.1) is 28.6 Å². The second-order valence-electron chi connectivity index (χ2n) is 11.9. The van der Waals surface area contributed by atoms with E-state index in [1.54, 1.807) is 0 Å². The fraction of sp³-hybridized carbons (Fsp3) is 0.704. The first kappa shape index (κ1) is 36.1. The highest BCUT2D eigenvalue weighted by Crippen LogP contribution is 2.48. The number of nitrogens with one attached hydrogen (secondary N) is 2. The van der Waals surface area contributed by atoms with Gasteiger partial charge in [-0.3, -0.25) is 18.7 Å². The first-order valence-corrected chi connectivity index (χ1v) is 16.1. The summed E-state index contributed by atoms with van der Waals surface area (Å²) in [5.41, 5.74) is 4.71. The van der Waals surface area contributed by atoms with Crippen LogP contribution >= 0.6 is 7.67 Å². The van der Waals surface area contributed by atoms with Crippen LogP contribution in [0.4, 0.5) is 5.95 Å². The maximum atomic E-state index is 14.1. The van der Waals surface area contributed by atoms with Crippen LogP contribution in [0.25, 0.3) is 11.2 Å². The third kappa shape index (κ3) is 8.46. The van der Waals surface area contributed by atoms with Crippen molar-refractivity contribution in [1.82, 2.24) is 29.7 Å². The van der Waals surface area contributed by atoms with Gasteiger partial charge < -0.3 is 34.3 Å². The lowest BCUT2D eigenvalue weighted by molar-refractivity contribution is -0.146. The Kier molecular flexibility index (Phi) is 11.9. The van der Waals surface area contributed by atoms with Gasteiger partial charge in [0.15, 0.2) is 17.4 Å². The highest BCUT2D eigenvalue weighted by atomic mass is 31.2. The number of aliphatic hydroxyl groups is 1. The molecule has 45 heavy (non-hydrogen) atoms. The van der Waals surface area contributed by atoms with Gasteiger partial charge >= 0.3 is 19.6 Å². The van der Waals surface area contributed by atoms with Gasteiger partial charge in [0.2, 0.25) is 11.8 Å². The number of carbonyl (C=O) groups excluding carboxylic acids is 2. The zero-order valence-electron chi connectivity index (χ0n) is 26.7. The number of hydrogen-bond acceptors (Lipinski definition) is 14. The number of nitrogen functional groups attached to an aromatic ring is 1. The van der Waals surface area contributed by atoms with E-state index in [9.17, 15) is 24.5 Å². The van der Waals surface area contributed by atoms with Crippen LogP contribution in [0.5, 0.6) is 5.88 Å². The number of nitriles is 1.